The molecule has 1 rings (SSSR count). The molecule has 0 spiro atoms. The fourth-order valence-corrected chi connectivity index (χ4v) is 2.14. The maximum atomic E-state index is 3.62. The van der Waals surface area contributed by atoms with Crippen LogP contribution in [0, 0.1) is 19.3 Å². The molecule has 0 saturated heterocycles. The highest BCUT2D eigenvalue weighted by atomic mass is 14.9. The first-order valence-corrected chi connectivity index (χ1v) is 7.40. The third-order valence-electron chi connectivity index (χ3n) is 3.67. The Morgan fingerprint density at radius 2 is 1.63 bits per heavy atom. The van der Waals surface area contributed by atoms with Crippen LogP contribution in [0.15, 0.2) is 18.2 Å². The van der Waals surface area contributed by atoms with E-state index in [1.54, 1.807) is 0 Å². The Bertz CT molecular complexity index is 410. The summed E-state index contributed by atoms with van der Waals surface area (Å²) < 4.78 is 0. The number of benzene rings is 1. The standard InChI is InChI=1S/C18H31N/c1-14-8-9-15(2)16(12-14)10-11-18(6,7)13-19-17(3,4)5/h8-9,12,19H,10-11,13H2,1-7H3. The first-order chi connectivity index (χ1) is 8.59. The maximum Gasteiger partial charge on any atom is 0.00967 e. The zero-order valence-electron chi connectivity index (χ0n) is 13.9. The molecule has 19 heavy (non-hydrogen) atoms. The largest absolute Gasteiger partial charge is 0.312 e. The van der Waals surface area contributed by atoms with Crippen LogP contribution >= 0.6 is 0 Å². The Morgan fingerprint density at radius 1 is 1.00 bits per heavy atom. The van der Waals surface area contributed by atoms with Gasteiger partial charge in [-0.15, -0.1) is 0 Å². The van der Waals surface area contributed by atoms with E-state index in [-0.39, 0.29) is 5.54 Å². The highest BCUT2D eigenvalue weighted by Crippen LogP contribution is 2.24. The lowest BCUT2D eigenvalue weighted by Gasteiger charge is -2.30. The van der Waals surface area contributed by atoms with Crippen molar-refractivity contribution in [2.24, 2.45) is 5.41 Å². The van der Waals surface area contributed by atoms with Gasteiger partial charge in [0.1, 0.15) is 0 Å². The minimum Gasteiger partial charge on any atom is -0.312 e. The quantitative estimate of drug-likeness (QED) is 0.813. The van der Waals surface area contributed by atoms with E-state index in [9.17, 15) is 0 Å². The Hall–Kier alpha value is -0.820. The lowest BCUT2D eigenvalue weighted by Crippen LogP contribution is -2.42. The van der Waals surface area contributed by atoms with Gasteiger partial charge in [0, 0.05) is 12.1 Å². The van der Waals surface area contributed by atoms with Gasteiger partial charge >= 0.3 is 0 Å². The van der Waals surface area contributed by atoms with Crippen LogP contribution < -0.4 is 5.32 Å². The predicted molar refractivity (Wildman–Crippen MR) is 85.8 cm³/mol. The summed E-state index contributed by atoms with van der Waals surface area (Å²) in [4.78, 5) is 0. The van der Waals surface area contributed by atoms with Crippen molar-refractivity contribution in [3.63, 3.8) is 0 Å². The summed E-state index contributed by atoms with van der Waals surface area (Å²) in [6.45, 7) is 16.9. The van der Waals surface area contributed by atoms with Crippen LogP contribution in [0.3, 0.4) is 0 Å². The normalized spacial score (nSPS) is 12.8. The smallest absolute Gasteiger partial charge is 0.00967 e. The van der Waals surface area contributed by atoms with Gasteiger partial charge in [0.25, 0.3) is 0 Å². The molecule has 1 nitrogen and oxygen atoms in total. The van der Waals surface area contributed by atoms with Gasteiger partial charge in [-0.3, -0.25) is 0 Å². The molecule has 0 atom stereocenters. The molecule has 0 aliphatic heterocycles. The molecule has 0 heterocycles. The summed E-state index contributed by atoms with van der Waals surface area (Å²) in [5.41, 5.74) is 4.83. The number of rotatable bonds is 5. The predicted octanol–water partition coefficient (Wildman–Crippen LogP) is 4.65. The van der Waals surface area contributed by atoms with E-state index in [0.29, 0.717) is 5.41 Å². The highest BCUT2D eigenvalue weighted by molar-refractivity contribution is 5.30. The van der Waals surface area contributed by atoms with Crippen molar-refractivity contribution in [3.05, 3.63) is 34.9 Å². The van der Waals surface area contributed by atoms with Crippen molar-refractivity contribution < 1.29 is 0 Å². The molecule has 108 valence electrons. The highest BCUT2D eigenvalue weighted by Gasteiger charge is 2.20. The molecule has 0 amide bonds. The maximum absolute atomic E-state index is 3.62. The second kappa shape index (κ2) is 6.09. The summed E-state index contributed by atoms with van der Waals surface area (Å²) >= 11 is 0. The molecule has 1 heteroatoms. The van der Waals surface area contributed by atoms with Crippen LogP contribution in [0.5, 0.6) is 0 Å². The molecule has 0 aliphatic carbocycles. The van der Waals surface area contributed by atoms with Crippen LogP contribution in [0.1, 0.15) is 57.7 Å². The third kappa shape index (κ3) is 6.24. The topological polar surface area (TPSA) is 12.0 Å². The van der Waals surface area contributed by atoms with E-state index < -0.39 is 0 Å². The monoisotopic (exact) mass is 261 g/mol. The summed E-state index contributed by atoms with van der Waals surface area (Å²) in [6.07, 6.45) is 2.40. The first-order valence-electron chi connectivity index (χ1n) is 7.40. The number of hydrogen-bond donors (Lipinski definition) is 1. The summed E-state index contributed by atoms with van der Waals surface area (Å²) in [6, 6.07) is 6.78. The number of hydrogen-bond acceptors (Lipinski definition) is 1. The van der Waals surface area contributed by atoms with E-state index in [1.165, 1.54) is 29.5 Å². The molecule has 1 aromatic rings. The molecule has 1 aromatic carbocycles. The zero-order chi connectivity index (χ0) is 14.7. The molecule has 0 fully saturated rings. The number of nitrogens with one attached hydrogen (secondary N) is 1. The van der Waals surface area contributed by atoms with Crippen molar-refractivity contribution in [1.29, 1.82) is 0 Å². The lowest BCUT2D eigenvalue weighted by molar-refractivity contribution is 0.273. The summed E-state index contributed by atoms with van der Waals surface area (Å²) in [7, 11) is 0. The molecule has 1 N–H and O–H groups in total. The van der Waals surface area contributed by atoms with Crippen LogP contribution in [0.4, 0.5) is 0 Å². The van der Waals surface area contributed by atoms with E-state index in [1.807, 2.05) is 0 Å². The average Bonchev–Trinajstić information content (AvgIpc) is 2.27. The van der Waals surface area contributed by atoms with Gasteiger partial charge in [0.2, 0.25) is 0 Å². The van der Waals surface area contributed by atoms with Crippen molar-refractivity contribution in [3.8, 4) is 0 Å². The van der Waals surface area contributed by atoms with Crippen molar-refractivity contribution in [1.82, 2.24) is 5.32 Å². The minimum absolute atomic E-state index is 0.205. The molecule has 0 bridgehead atoms. The zero-order valence-corrected chi connectivity index (χ0v) is 13.9. The summed E-state index contributed by atoms with van der Waals surface area (Å²) in [5.74, 6) is 0. The van der Waals surface area contributed by atoms with Crippen LogP contribution in [0.25, 0.3) is 0 Å². The molecule has 0 saturated carbocycles. The SMILES string of the molecule is Cc1ccc(C)c(CCC(C)(C)CNC(C)(C)C)c1. The first kappa shape index (κ1) is 16.2. The summed E-state index contributed by atoms with van der Waals surface area (Å²) in [5, 5.41) is 3.62. The van der Waals surface area contributed by atoms with Gasteiger partial charge in [-0.25, -0.2) is 0 Å². The third-order valence-corrected chi connectivity index (χ3v) is 3.67. The van der Waals surface area contributed by atoms with Crippen LogP contribution in [0.2, 0.25) is 0 Å². The van der Waals surface area contributed by atoms with E-state index in [4.69, 9.17) is 0 Å². The van der Waals surface area contributed by atoms with E-state index in [2.05, 4.69) is 72.0 Å². The minimum atomic E-state index is 0.205. The van der Waals surface area contributed by atoms with Crippen molar-refractivity contribution >= 4 is 0 Å². The van der Waals surface area contributed by atoms with Gasteiger partial charge in [-0.05, 0) is 64.0 Å². The average molecular weight is 261 g/mol. The molecule has 0 aliphatic rings. The van der Waals surface area contributed by atoms with E-state index >= 15 is 0 Å². The fourth-order valence-electron chi connectivity index (χ4n) is 2.14. The Labute approximate surface area is 119 Å². The van der Waals surface area contributed by atoms with Crippen molar-refractivity contribution in [2.45, 2.75) is 66.8 Å². The molecular weight excluding hydrogens is 230 g/mol. The molecule has 0 radical (unpaired) electrons. The molecule has 0 aromatic heterocycles. The van der Waals surface area contributed by atoms with Gasteiger partial charge in [0.05, 0.1) is 0 Å². The van der Waals surface area contributed by atoms with Crippen LogP contribution in [-0.2, 0) is 6.42 Å². The second-order valence-electron chi connectivity index (χ2n) is 7.70. The van der Waals surface area contributed by atoms with Gasteiger partial charge in [0.15, 0.2) is 0 Å². The van der Waals surface area contributed by atoms with E-state index in [0.717, 1.165) is 6.54 Å². The van der Waals surface area contributed by atoms with Gasteiger partial charge < -0.3 is 5.32 Å². The Balaban J connectivity index is 2.57. The number of aryl methyl sites for hydroxylation is 3. The van der Waals surface area contributed by atoms with Gasteiger partial charge in [-0.2, -0.15) is 0 Å². The molecular formula is C18H31N. The van der Waals surface area contributed by atoms with Crippen molar-refractivity contribution in [2.75, 3.05) is 6.54 Å². The second-order valence-corrected chi connectivity index (χ2v) is 7.70. The van der Waals surface area contributed by atoms with Gasteiger partial charge in [-0.1, -0.05) is 37.6 Å². The lowest BCUT2D eigenvalue weighted by atomic mass is 9.84. The van der Waals surface area contributed by atoms with Crippen LogP contribution in [-0.4, -0.2) is 12.1 Å². The Morgan fingerprint density at radius 3 is 2.21 bits per heavy atom. The Kier molecular flexibility index (Phi) is 5.20. The molecule has 0 unspecified atom stereocenters. The fraction of sp³-hybridized carbons (Fsp3) is 0.667.